The number of carbonyl (C=O) groups is 2. The van der Waals surface area contributed by atoms with Gasteiger partial charge >= 0.3 is 5.97 Å². The van der Waals surface area contributed by atoms with Gasteiger partial charge in [0.05, 0.1) is 9.90 Å². The maximum Gasteiger partial charge on any atom is 0.341 e. The molecule has 0 amide bonds. The van der Waals surface area contributed by atoms with Crippen LogP contribution in [0.1, 0.15) is 15.2 Å². The number of rotatable bonds is 6. The van der Waals surface area contributed by atoms with Gasteiger partial charge in [0.25, 0.3) is 0 Å². The van der Waals surface area contributed by atoms with Gasteiger partial charge in [-0.2, -0.15) is 0 Å². The standard InChI is InChI=1S/C15H10Cl2O4S/c16-14-9(3-5-10(18)12-2-1-7-22-12)4-6-11(15(14)17)21-8-13(19)20/h1-7H,8H2,(H,19,20)/b5-3+. The number of benzene rings is 1. The molecule has 0 saturated carbocycles. The lowest BCUT2D eigenvalue weighted by Crippen LogP contribution is -2.09. The van der Waals surface area contributed by atoms with Crippen molar-refractivity contribution in [1.82, 2.24) is 0 Å². The number of halogens is 2. The molecule has 0 atom stereocenters. The first-order valence-electron chi connectivity index (χ1n) is 6.07. The minimum Gasteiger partial charge on any atom is -0.480 e. The third-order valence-corrected chi connectivity index (χ3v) is 4.37. The van der Waals surface area contributed by atoms with Gasteiger partial charge < -0.3 is 9.84 Å². The topological polar surface area (TPSA) is 63.6 Å². The van der Waals surface area contributed by atoms with E-state index in [1.807, 2.05) is 5.38 Å². The molecular formula is C15H10Cl2O4S. The fourth-order valence-corrected chi connectivity index (χ4v) is 2.68. The van der Waals surface area contributed by atoms with Crippen LogP contribution in [-0.2, 0) is 4.79 Å². The van der Waals surface area contributed by atoms with E-state index in [1.54, 1.807) is 24.3 Å². The zero-order valence-electron chi connectivity index (χ0n) is 11.1. The first-order chi connectivity index (χ1) is 10.5. The van der Waals surface area contributed by atoms with Gasteiger partial charge in [-0.1, -0.05) is 29.3 Å². The second-order valence-corrected chi connectivity index (χ2v) is 5.84. The second kappa shape index (κ2) is 7.45. The number of ketones is 1. The summed E-state index contributed by atoms with van der Waals surface area (Å²) < 4.78 is 5.01. The highest BCUT2D eigenvalue weighted by Crippen LogP contribution is 2.35. The molecule has 0 bridgehead atoms. The van der Waals surface area contributed by atoms with Gasteiger partial charge in [-0.25, -0.2) is 4.79 Å². The van der Waals surface area contributed by atoms with Crippen molar-refractivity contribution in [2.24, 2.45) is 0 Å². The van der Waals surface area contributed by atoms with E-state index >= 15 is 0 Å². The van der Waals surface area contributed by atoms with Crippen LogP contribution in [0.3, 0.4) is 0 Å². The van der Waals surface area contributed by atoms with Crippen LogP contribution < -0.4 is 4.74 Å². The number of thiophene rings is 1. The van der Waals surface area contributed by atoms with Crippen LogP contribution in [0.5, 0.6) is 5.75 Å². The van der Waals surface area contributed by atoms with Gasteiger partial charge in [-0.3, -0.25) is 4.79 Å². The summed E-state index contributed by atoms with van der Waals surface area (Å²) in [5.41, 5.74) is 0.541. The van der Waals surface area contributed by atoms with Gasteiger partial charge in [-0.15, -0.1) is 11.3 Å². The van der Waals surface area contributed by atoms with Crippen molar-refractivity contribution in [3.8, 4) is 5.75 Å². The molecule has 0 unspecified atom stereocenters. The van der Waals surface area contributed by atoms with Gasteiger partial charge in [0.2, 0.25) is 0 Å². The van der Waals surface area contributed by atoms with Gasteiger partial charge in [0.15, 0.2) is 12.4 Å². The zero-order chi connectivity index (χ0) is 16.1. The predicted molar refractivity (Wildman–Crippen MR) is 87.3 cm³/mol. The summed E-state index contributed by atoms with van der Waals surface area (Å²) in [5, 5.41) is 10.7. The maximum atomic E-state index is 11.9. The summed E-state index contributed by atoms with van der Waals surface area (Å²) in [6.07, 6.45) is 2.96. The SMILES string of the molecule is O=C(O)COc1ccc(/C=C/C(=O)c2cccs2)c(Cl)c1Cl. The Kier molecular flexibility index (Phi) is 5.60. The average Bonchev–Trinajstić information content (AvgIpc) is 3.01. The third kappa shape index (κ3) is 4.10. The van der Waals surface area contributed by atoms with Crippen molar-refractivity contribution in [3.05, 3.63) is 56.2 Å². The Balaban J connectivity index is 2.17. The van der Waals surface area contributed by atoms with Crippen molar-refractivity contribution >= 4 is 52.4 Å². The highest BCUT2D eigenvalue weighted by atomic mass is 35.5. The van der Waals surface area contributed by atoms with Gasteiger partial charge in [-0.05, 0) is 41.3 Å². The fraction of sp³-hybridized carbons (Fsp3) is 0.0667. The lowest BCUT2D eigenvalue weighted by Gasteiger charge is -2.08. The number of carbonyl (C=O) groups excluding carboxylic acids is 1. The Bertz CT molecular complexity index is 723. The van der Waals surface area contributed by atoms with Crippen molar-refractivity contribution in [3.63, 3.8) is 0 Å². The molecule has 7 heteroatoms. The van der Waals surface area contributed by atoms with Crippen molar-refractivity contribution in [2.45, 2.75) is 0 Å². The average molecular weight is 357 g/mol. The molecule has 0 aliphatic heterocycles. The van der Waals surface area contributed by atoms with Crippen molar-refractivity contribution < 1.29 is 19.4 Å². The lowest BCUT2D eigenvalue weighted by molar-refractivity contribution is -0.139. The molecule has 4 nitrogen and oxygen atoms in total. The van der Waals surface area contributed by atoms with E-state index in [0.717, 1.165) is 0 Å². The highest BCUT2D eigenvalue weighted by Gasteiger charge is 2.11. The normalized spacial score (nSPS) is 10.8. The van der Waals surface area contributed by atoms with E-state index in [0.29, 0.717) is 10.4 Å². The van der Waals surface area contributed by atoms with Crippen LogP contribution in [0.2, 0.25) is 10.0 Å². The second-order valence-electron chi connectivity index (χ2n) is 4.14. The Morgan fingerprint density at radius 1 is 1.23 bits per heavy atom. The molecule has 0 saturated heterocycles. The smallest absolute Gasteiger partial charge is 0.341 e. The molecule has 2 rings (SSSR count). The molecule has 1 aromatic heterocycles. The van der Waals surface area contributed by atoms with Crippen molar-refractivity contribution in [2.75, 3.05) is 6.61 Å². The molecule has 22 heavy (non-hydrogen) atoms. The minimum atomic E-state index is -1.11. The summed E-state index contributed by atoms with van der Waals surface area (Å²) >= 11 is 13.5. The Labute approximate surface area is 140 Å². The van der Waals surface area contributed by atoms with Crippen molar-refractivity contribution in [1.29, 1.82) is 0 Å². The van der Waals surface area contributed by atoms with E-state index in [9.17, 15) is 9.59 Å². The number of ether oxygens (including phenoxy) is 1. The van der Waals surface area contributed by atoms with E-state index < -0.39 is 12.6 Å². The summed E-state index contributed by atoms with van der Waals surface area (Å²) in [6, 6.07) is 6.63. The van der Waals surface area contributed by atoms with E-state index in [2.05, 4.69) is 0 Å². The number of hydrogen-bond acceptors (Lipinski definition) is 4. The zero-order valence-corrected chi connectivity index (χ0v) is 13.4. The Morgan fingerprint density at radius 3 is 2.64 bits per heavy atom. The van der Waals surface area contributed by atoms with Crippen LogP contribution in [-0.4, -0.2) is 23.5 Å². The molecule has 2 aromatic rings. The predicted octanol–water partition coefficient (Wildman–Crippen LogP) is 4.41. The molecule has 1 heterocycles. The first-order valence-corrected chi connectivity index (χ1v) is 7.71. The molecule has 1 aromatic carbocycles. The largest absolute Gasteiger partial charge is 0.480 e. The summed E-state index contributed by atoms with van der Waals surface area (Å²) in [5.74, 6) is -1.07. The number of hydrogen-bond donors (Lipinski definition) is 1. The summed E-state index contributed by atoms with van der Waals surface area (Å²) in [7, 11) is 0. The minimum absolute atomic E-state index is 0.105. The molecule has 1 N–H and O–H groups in total. The number of carboxylic acids is 1. The molecule has 0 aliphatic rings. The van der Waals surface area contributed by atoms with Crippen LogP contribution in [0.4, 0.5) is 0 Å². The van der Waals surface area contributed by atoms with Crippen LogP contribution >= 0.6 is 34.5 Å². The highest BCUT2D eigenvalue weighted by molar-refractivity contribution is 7.12. The fourth-order valence-electron chi connectivity index (χ4n) is 1.59. The van der Waals surface area contributed by atoms with Crippen LogP contribution in [0.25, 0.3) is 6.08 Å². The number of allylic oxidation sites excluding steroid dienone is 1. The quantitative estimate of drug-likeness (QED) is 0.614. The van der Waals surface area contributed by atoms with Crippen LogP contribution in [0.15, 0.2) is 35.7 Å². The molecule has 0 fully saturated rings. The van der Waals surface area contributed by atoms with Gasteiger partial charge in [0.1, 0.15) is 10.8 Å². The molecular weight excluding hydrogens is 347 g/mol. The van der Waals surface area contributed by atoms with Gasteiger partial charge in [0, 0.05) is 0 Å². The lowest BCUT2D eigenvalue weighted by atomic mass is 10.1. The van der Waals surface area contributed by atoms with E-state index in [4.69, 9.17) is 33.0 Å². The number of aliphatic carboxylic acids is 1. The monoisotopic (exact) mass is 356 g/mol. The first kappa shape index (κ1) is 16.5. The van der Waals surface area contributed by atoms with Crippen LogP contribution in [0, 0.1) is 0 Å². The van der Waals surface area contributed by atoms with E-state index in [1.165, 1.54) is 23.5 Å². The molecule has 0 radical (unpaired) electrons. The number of carboxylic acid groups (broad SMARTS) is 1. The third-order valence-electron chi connectivity index (χ3n) is 2.61. The maximum absolute atomic E-state index is 11.9. The Hall–Kier alpha value is -1.82. The molecule has 0 spiro atoms. The summed E-state index contributed by atoms with van der Waals surface area (Å²) in [6.45, 7) is -0.512. The molecule has 0 aliphatic carbocycles. The summed E-state index contributed by atoms with van der Waals surface area (Å²) in [4.78, 5) is 23.0. The molecule has 114 valence electrons. The Morgan fingerprint density at radius 2 is 2.00 bits per heavy atom. The van der Waals surface area contributed by atoms with E-state index in [-0.39, 0.29) is 21.6 Å².